The highest BCUT2D eigenvalue weighted by Crippen LogP contribution is 2.44. The molecule has 5 heteroatoms. The summed E-state index contributed by atoms with van der Waals surface area (Å²) in [6.07, 6.45) is 2.56. The number of hydrazine groups is 1. The molecule has 1 aromatic heterocycles. The summed E-state index contributed by atoms with van der Waals surface area (Å²) in [5.74, 6) is 9.80. The van der Waals surface area contributed by atoms with Crippen molar-refractivity contribution < 1.29 is 0 Å². The molecule has 0 unspecified atom stereocenters. The standard InChI is InChI=1S/C15H16N4S/c16-19-15-12-7-20-8-13(12)17-14(18-15)11-4-2-1-3-10(11)9-5-6-9/h1-4,9H,5-8,16H2,(H,17,18,19). The lowest BCUT2D eigenvalue weighted by molar-refractivity contribution is 1.04. The SMILES string of the molecule is NNc1nc(-c2ccccc2C2CC2)nc2c1CSC2. The zero-order valence-electron chi connectivity index (χ0n) is 11.1. The Balaban J connectivity index is 1.87. The van der Waals surface area contributed by atoms with Crippen LogP contribution in [-0.4, -0.2) is 9.97 Å². The van der Waals surface area contributed by atoms with E-state index in [2.05, 4.69) is 34.7 Å². The van der Waals surface area contributed by atoms with Gasteiger partial charge in [-0.05, 0) is 24.3 Å². The first kappa shape index (κ1) is 12.2. The monoisotopic (exact) mass is 284 g/mol. The average Bonchev–Trinajstić information content (AvgIpc) is 3.23. The number of hydrogen-bond acceptors (Lipinski definition) is 5. The van der Waals surface area contributed by atoms with Gasteiger partial charge >= 0.3 is 0 Å². The third-order valence-corrected chi connectivity index (χ3v) is 4.90. The lowest BCUT2D eigenvalue weighted by Gasteiger charge is -2.11. The fourth-order valence-electron chi connectivity index (χ4n) is 2.74. The van der Waals surface area contributed by atoms with Crippen molar-refractivity contribution >= 4 is 17.6 Å². The Morgan fingerprint density at radius 2 is 2.00 bits per heavy atom. The third kappa shape index (κ3) is 1.98. The van der Waals surface area contributed by atoms with E-state index in [9.17, 15) is 0 Å². The lowest BCUT2D eigenvalue weighted by atomic mass is 10.0. The van der Waals surface area contributed by atoms with E-state index in [0.717, 1.165) is 40.0 Å². The summed E-state index contributed by atoms with van der Waals surface area (Å²) >= 11 is 1.86. The first-order valence-corrected chi connectivity index (χ1v) is 8.05. The Bertz CT molecular complexity index is 667. The maximum atomic E-state index is 5.63. The smallest absolute Gasteiger partial charge is 0.162 e. The number of nitrogens with one attached hydrogen (secondary N) is 1. The van der Waals surface area contributed by atoms with Crippen LogP contribution in [0.15, 0.2) is 24.3 Å². The maximum absolute atomic E-state index is 5.63. The minimum atomic E-state index is 0.687. The van der Waals surface area contributed by atoms with Gasteiger partial charge in [0.15, 0.2) is 5.82 Å². The Morgan fingerprint density at radius 3 is 2.80 bits per heavy atom. The van der Waals surface area contributed by atoms with Crippen LogP contribution < -0.4 is 11.3 Å². The number of nitrogens with zero attached hydrogens (tertiary/aromatic N) is 2. The van der Waals surface area contributed by atoms with E-state index in [-0.39, 0.29) is 0 Å². The van der Waals surface area contributed by atoms with Gasteiger partial charge < -0.3 is 5.43 Å². The van der Waals surface area contributed by atoms with Gasteiger partial charge in [-0.2, -0.15) is 11.8 Å². The van der Waals surface area contributed by atoms with Crippen LogP contribution in [0.25, 0.3) is 11.4 Å². The van der Waals surface area contributed by atoms with E-state index in [1.165, 1.54) is 18.4 Å². The summed E-state index contributed by atoms with van der Waals surface area (Å²) in [4.78, 5) is 9.42. The van der Waals surface area contributed by atoms with Crippen molar-refractivity contribution in [3.8, 4) is 11.4 Å². The molecule has 2 aromatic rings. The van der Waals surface area contributed by atoms with Crippen molar-refractivity contribution in [1.82, 2.24) is 9.97 Å². The number of fused-ring (bicyclic) bond motifs is 1. The summed E-state index contributed by atoms with van der Waals surface area (Å²) < 4.78 is 0. The maximum Gasteiger partial charge on any atom is 0.162 e. The van der Waals surface area contributed by atoms with E-state index >= 15 is 0 Å². The minimum absolute atomic E-state index is 0.687. The number of nitrogen functional groups attached to an aromatic ring is 1. The molecule has 0 radical (unpaired) electrons. The van der Waals surface area contributed by atoms with Crippen molar-refractivity contribution in [1.29, 1.82) is 0 Å². The molecule has 1 aromatic carbocycles. The third-order valence-electron chi connectivity index (χ3n) is 3.93. The highest BCUT2D eigenvalue weighted by Gasteiger charge is 2.28. The molecule has 20 heavy (non-hydrogen) atoms. The minimum Gasteiger partial charge on any atom is -0.308 e. The number of anilines is 1. The van der Waals surface area contributed by atoms with Crippen LogP contribution in [0.3, 0.4) is 0 Å². The molecule has 0 amide bonds. The fraction of sp³-hybridized carbons (Fsp3) is 0.333. The van der Waals surface area contributed by atoms with Gasteiger partial charge in [-0.3, -0.25) is 0 Å². The molecular weight excluding hydrogens is 268 g/mol. The lowest BCUT2D eigenvalue weighted by Crippen LogP contribution is -2.13. The zero-order valence-corrected chi connectivity index (χ0v) is 11.9. The van der Waals surface area contributed by atoms with Gasteiger partial charge in [-0.15, -0.1) is 0 Å². The first-order chi connectivity index (χ1) is 9.86. The van der Waals surface area contributed by atoms with Crippen LogP contribution in [0.5, 0.6) is 0 Å². The van der Waals surface area contributed by atoms with Crippen molar-refractivity contribution in [2.45, 2.75) is 30.3 Å². The van der Waals surface area contributed by atoms with E-state index in [1.807, 2.05) is 11.8 Å². The van der Waals surface area contributed by atoms with Crippen molar-refractivity contribution in [3.05, 3.63) is 41.1 Å². The van der Waals surface area contributed by atoms with Gasteiger partial charge in [0.05, 0.1) is 5.69 Å². The van der Waals surface area contributed by atoms with E-state index in [4.69, 9.17) is 10.8 Å². The van der Waals surface area contributed by atoms with Crippen molar-refractivity contribution in [3.63, 3.8) is 0 Å². The molecule has 4 nitrogen and oxygen atoms in total. The van der Waals surface area contributed by atoms with Gasteiger partial charge in [-0.25, -0.2) is 15.8 Å². The summed E-state index contributed by atoms with van der Waals surface area (Å²) in [6.45, 7) is 0. The molecule has 1 saturated carbocycles. The van der Waals surface area contributed by atoms with Crippen molar-refractivity contribution in [2.75, 3.05) is 5.43 Å². The number of thioether (sulfide) groups is 1. The molecule has 0 spiro atoms. The molecule has 102 valence electrons. The predicted molar refractivity (Wildman–Crippen MR) is 82.3 cm³/mol. The predicted octanol–water partition coefficient (Wildman–Crippen LogP) is 3.05. The van der Waals surface area contributed by atoms with Crippen LogP contribution in [0, 0.1) is 0 Å². The molecule has 0 saturated heterocycles. The van der Waals surface area contributed by atoms with Crippen LogP contribution in [0.2, 0.25) is 0 Å². The molecule has 1 fully saturated rings. The highest BCUT2D eigenvalue weighted by atomic mass is 32.2. The van der Waals surface area contributed by atoms with E-state index in [1.54, 1.807) is 0 Å². The number of hydrogen-bond donors (Lipinski definition) is 2. The summed E-state index contributed by atoms with van der Waals surface area (Å²) in [6, 6.07) is 8.48. The normalized spacial score (nSPS) is 17.1. The summed E-state index contributed by atoms with van der Waals surface area (Å²) in [5, 5.41) is 0. The van der Waals surface area contributed by atoms with E-state index in [0.29, 0.717) is 5.92 Å². The second-order valence-corrected chi connectivity index (χ2v) is 6.31. The Labute approximate surface area is 122 Å². The summed E-state index contributed by atoms with van der Waals surface area (Å²) in [7, 11) is 0. The number of rotatable bonds is 3. The molecule has 2 aliphatic rings. The molecule has 4 rings (SSSR count). The molecule has 1 aliphatic carbocycles. The van der Waals surface area contributed by atoms with Crippen LogP contribution >= 0.6 is 11.8 Å². The van der Waals surface area contributed by atoms with Gasteiger partial charge in [0.1, 0.15) is 5.82 Å². The molecule has 2 heterocycles. The Morgan fingerprint density at radius 1 is 1.15 bits per heavy atom. The first-order valence-electron chi connectivity index (χ1n) is 6.90. The molecular formula is C15H16N4S. The fourth-order valence-corrected chi connectivity index (χ4v) is 3.78. The molecule has 1 aliphatic heterocycles. The molecule has 0 bridgehead atoms. The molecule has 0 atom stereocenters. The van der Waals surface area contributed by atoms with Gasteiger partial charge in [-0.1, -0.05) is 24.3 Å². The van der Waals surface area contributed by atoms with Gasteiger partial charge in [0.25, 0.3) is 0 Å². The largest absolute Gasteiger partial charge is 0.308 e. The van der Waals surface area contributed by atoms with Crippen LogP contribution in [-0.2, 0) is 11.5 Å². The number of nitrogens with two attached hydrogens (primary N) is 1. The quantitative estimate of drug-likeness (QED) is 0.670. The van der Waals surface area contributed by atoms with Crippen LogP contribution in [0.1, 0.15) is 35.6 Å². The van der Waals surface area contributed by atoms with Crippen LogP contribution in [0.4, 0.5) is 5.82 Å². The zero-order chi connectivity index (χ0) is 13.5. The highest BCUT2D eigenvalue weighted by molar-refractivity contribution is 7.98. The molecule has 3 N–H and O–H groups in total. The van der Waals surface area contributed by atoms with Gasteiger partial charge in [0.2, 0.25) is 0 Å². The second-order valence-electron chi connectivity index (χ2n) is 5.32. The Hall–Kier alpha value is -1.59. The number of benzene rings is 1. The summed E-state index contributed by atoms with van der Waals surface area (Å²) in [5.41, 5.74) is 7.55. The average molecular weight is 284 g/mol. The van der Waals surface area contributed by atoms with Gasteiger partial charge in [0, 0.05) is 22.6 Å². The van der Waals surface area contributed by atoms with E-state index < -0.39 is 0 Å². The number of aromatic nitrogens is 2. The Kier molecular flexibility index (Phi) is 2.89. The second kappa shape index (κ2) is 4.75. The topological polar surface area (TPSA) is 63.8 Å². The van der Waals surface area contributed by atoms with Crippen molar-refractivity contribution in [2.24, 2.45) is 5.84 Å².